The van der Waals surface area contributed by atoms with E-state index in [0.29, 0.717) is 48.4 Å². The van der Waals surface area contributed by atoms with Gasteiger partial charge in [-0.3, -0.25) is 0 Å². The van der Waals surface area contributed by atoms with E-state index in [4.69, 9.17) is 25.5 Å². The predicted octanol–water partition coefficient (Wildman–Crippen LogP) is 4.59. The minimum atomic E-state index is -3.98. The maximum absolute atomic E-state index is 13.6. The van der Waals surface area contributed by atoms with Crippen LogP contribution in [0.25, 0.3) is 11.5 Å². The number of ether oxygens (including phenoxy) is 2. The Bertz CT molecular complexity index is 1220. The maximum atomic E-state index is 13.6. The van der Waals surface area contributed by atoms with E-state index in [1.165, 1.54) is 12.1 Å². The van der Waals surface area contributed by atoms with Gasteiger partial charge in [0, 0.05) is 19.2 Å². The zero-order valence-corrected chi connectivity index (χ0v) is 18.3. The number of oxazole rings is 1. The number of benzene rings is 2. The molecule has 0 radical (unpaired) electrons. The molecule has 2 aliphatic rings. The van der Waals surface area contributed by atoms with Crippen LogP contribution in [0.1, 0.15) is 19.3 Å². The van der Waals surface area contributed by atoms with Gasteiger partial charge in [-0.1, -0.05) is 23.7 Å². The van der Waals surface area contributed by atoms with Crippen LogP contribution in [0.3, 0.4) is 0 Å². The minimum absolute atomic E-state index is 0.0778. The number of rotatable bonds is 4. The van der Waals surface area contributed by atoms with E-state index in [0.717, 1.165) is 19.3 Å². The molecule has 0 amide bonds. The maximum Gasteiger partial charge on any atom is 0.236 e. The van der Waals surface area contributed by atoms with E-state index in [9.17, 15) is 8.42 Å². The van der Waals surface area contributed by atoms with Crippen LogP contribution in [0, 0.1) is 0 Å². The van der Waals surface area contributed by atoms with E-state index in [1.54, 1.807) is 30.3 Å². The number of hydrogen-bond acceptors (Lipinski definition) is 7. The molecule has 0 spiro atoms. The molecule has 0 unspecified atom stereocenters. The first-order valence-electron chi connectivity index (χ1n) is 10.2. The second-order valence-corrected chi connectivity index (χ2v) is 9.74. The summed E-state index contributed by atoms with van der Waals surface area (Å²) in [4.78, 5) is 6.45. The normalized spacial score (nSPS) is 16.4. The number of sulfone groups is 1. The van der Waals surface area contributed by atoms with Gasteiger partial charge in [-0.05, 0) is 43.5 Å². The third-order valence-electron chi connectivity index (χ3n) is 5.41. The van der Waals surface area contributed by atoms with E-state index in [-0.39, 0.29) is 21.7 Å². The fourth-order valence-corrected chi connectivity index (χ4v) is 5.38. The number of hydrogen-bond donors (Lipinski definition) is 0. The monoisotopic (exact) mass is 460 g/mol. The first kappa shape index (κ1) is 20.2. The van der Waals surface area contributed by atoms with Crippen LogP contribution in [0.2, 0.25) is 5.02 Å². The Labute approximate surface area is 185 Å². The number of fused-ring (bicyclic) bond motifs is 1. The van der Waals surface area contributed by atoms with Crippen molar-refractivity contribution in [2.75, 3.05) is 31.2 Å². The topological polar surface area (TPSA) is 81.9 Å². The lowest BCUT2D eigenvalue weighted by atomic mass is 10.1. The number of piperidine rings is 1. The summed E-state index contributed by atoms with van der Waals surface area (Å²) >= 11 is 6.32. The van der Waals surface area contributed by atoms with Gasteiger partial charge in [0.1, 0.15) is 13.2 Å². The lowest BCUT2D eigenvalue weighted by Crippen LogP contribution is -2.30. The van der Waals surface area contributed by atoms with Crippen molar-refractivity contribution in [2.24, 2.45) is 0 Å². The Kier molecular flexibility index (Phi) is 5.27. The van der Waals surface area contributed by atoms with Gasteiger partial charge in [-0.15, -0.1) is 0 Å². The predicted molar refractivity (Wildman–Crippen MR) is 116 cm³/mol. The van der Waals surface area contributed by atoms with Gasteiger partial charge < -0.3 is 18.8 Å². The molecule has 0 atom stereocenters. The van der Waals surface area contributed by atoms with Gasteiger partial charge in [0.05, 0.1) is 15.5 Å². The largest absolute Gasteiger partial charge is 0.486 e. The van der Waals surface area contributed by atoms with Crippen LogP contribution in [-0.4, -0.2) is 39.7 Å². The lowest BCUT2D eigenvalue weighted by Gasteiger charge is -2.26. The second kappa shape index (κ2) is 8.09. The van der Waals surface area contributed by atoms with Crippen molar-refractivity contribution in [2.45, 2.75) is 29.2 Å². The summed E-state index contributed by atoms with van der Waals surface area (Å²) in [6, 6.07) is 11.7. The summed E-state index contributed by atoms with van der Waals surface area (Å²) < 4.78 is 44.4. The Morgan fingerprint density at radius 1 is 0.935 bits per heavy atom. The fourth-order valence-electron chi connectivity index (χ4n) is 3.82. The SMILES string of the molecule is O=S(=O)(c1ccc2c(c1)OCCO2)c1nc(-c2ccccc2Cl)oc1N1CCCCC1. The standard InChI is InChI=1S/C22H21ClN2O5S/c23-17-7-3-2-6-16(17)20-24-21(22(30-20)25-10-4-1-5-11-25)31(26,27)15-8-9-18-19(14-15)29-13-12-28-18/h2-3,6-9,14H,1,4-5,10-13H2. The number of anilines is 1. The van der Waals surface area contributed by atoms with E-state index >= 15 is 0 Å². The molecule has 7 nitrogen and oxygen atoms in total. The number of halogens is 1. The first-order chi connectivity index (χ1) is 15.0. The molecule has 3 aromatic rings. The molecule has 5 rings (SSSR count). The first-order valence-corrected chi connectivity index (χ1v) is 12.1. The van der Waals surface area contributed by atoms with Crippen LogP contribution in [0.15, 0.2) is 56.8 Å². The molecule has 2 aliphatic heterocycles. The highest BCUT2D eigenvalue weighted by molar-refractivity contribution is 7.91. The average Bonchev–Trinajstić information content (AvgIpc) is 3.26. The quantitative estimate of drug-likeness (QED) is 0.563. The van der Waals surface area contributed by atoms with Crippen molar-refractivity contribution in [1.29, 1.82) is 0 Å². The van der Waals surface area contributed by atoms with Crippen LogP contribution in [0.4, 0.5) is 5.88 Å². The number of nitrogens with zero attached hydrogens (tertiary/aromatic N) is 2. The third-order valence-corrected chi connectivity index (χ3v) is 7.38. The second-order valence-electron chi connectivity index (χ2n) is 7.47. The molecule has 0 aliphatic carbocycles. The molecule has 2 aromatic carbocycles. The van der Waals surface area contributed by atoms with Gasteiger partial charge in [0.25, 0.3) is 0 Å². The summed E-state index contributed by atoms with van der Waals surface area (Å²) in [5, 5.41) is 0.332. The average molecular weight is 461 g/mol. The number of aromatic nitrogens is 1. The molecule has 0 saturated carbocycles. The Balaban J connectivity index is 1.63. The van der Waals surface area contributed by atoms with Crippen molar-refractivity contribution in [3.63, 3.8) is 0 Å². The highest BCUT2D eigenvalue weighted by atomic mass is 35.5. The summed E-state index contributed by atoms with van der Waals surface area (Å²) in [5.74, 6) is 1.37. The van der Waals surface area contributed by atoms with Crippen LogP contribution in [-0.2, 0) is 9.84 Å². The molecule has 3 heterocycles. The summed E-state index contributed by atoms with van der Waals surface area (Å²) in [7, 11) is -3.98. The van der Waals surface area contributed by atoms with Gasteiger partial charge in [0.15, 0.2) is 11.5 Å². The van der Waals surface area contributed by atoms with Crippen LogP contribution < -0.4 is 14.4 Å². The summed E-state index contributed by atoms with van der Waals surface area (Å²) in [6.07, 6.45) is 3.03. The zero-order chi connectivity index (χ0) is 21.4. The molecule has 31 heavy (non-hydrogen) atoms. The summed E-state index contributed by atoms with van der Waals surface area (Å²) in [5.41, 5.74) is 0.547. The molecule has 0 N–H and O–H groups in total. The van der Waals surface area contributed by atoms with Gasteiger partial charge in [0.2, 0.25) is 26.6 Å². The van der Waals surface area contributed by atoms with E-state index in [2.05, 4.69) is 4.98 Å². The van der Waals surface area contributed by atoms with Crippen molar-refractivity contribution >= 4 is 27.3 Å². The molecule has 1 saturated heterocycles. The van der Waals surface area contributed by atoms with Crippen molar-refractivity contribution in [3.05, 3.63) is 47.5 Å². The van der Waals surface area contributed by atoms with Crippen molar-refractivity contribution < 1.29 is 22.3 Å². The summed E-state index contributed by atoms with van der Waals surface area (Å²) in [6.45, 7) is 2.22. The molecule has 1 fully saturated rings. The zero-order valence-electron chi connectivity index (χ0n) is 16.7. The van der Waals surface area contributed by atoms with Crippen molar-refractivity contribution in [1.82, 2.24) is 4.98 Å². The van der Waals surface area contributed by atoms with Gasteiger partial charge >= 0.3 is 0 Å². The Morgan fingerprint density at radius 3 is 2.45 bits per heavy atom. The highest BCUT2D eigenvalue weighted by Gasteiger charge is 2.33. The molecular formula is C22H21ClN2O5S. The van der Waals surface area contributed by atoms with Gasteiger partial charge in [-0.2, -0.15) is 4.98 Å². The molecule has 162 valence electrons. The van der Waals surface area contributed by atoms with Crippen LogP contribution >= 0.6 is 11.6 Å². The molecule has 9 heteroatoms. The van der Waals surface area contributed by atoms with Crippen LogP contribution in [0.5, 0.6) is 11.5 Å². The lowest BCUT2D eigenvalue weighted by molar-refractivity contribution is 0.171. The third kappa shape index (κ3) is 3.74. The fraction of sp³-hybridized carbons (Fsp3) is 0.318. The smallest absolute Gasteiger partial charge is 0.236 e. The Hall–Kier alpha value is -2.71. The molecular weight excluding hydrogens is 440 g/mol. The molecule has 0 bridgehead atoms. The molecule has 1 aromatic heterocycles. The van der Waals surface area contributed by atoms with E-state index in [1.807, 2.05) is 4.90 Å². The van der Waals surface area contributed by atoms with Crippen molar-refractivity contribution in [3.8, 4) is 23.0 Å². The Morgan fingerprint density at radius 2 is 1.68 bits per heavy atom. The van der Waals surface area contributed by atoms with Gasteiger partial charge in [-0.25, -0.2) is 8.42 Å². The minimum Gasteiger partial charge on any atom is -0.486 e. The van der Waals surface area contributed by atoms with E-state index < -0.39 is 9.84 Å². The highest BCUT2D eigenvalue weighted by Crippen LogP contribution is 2.39.